The summed E-state index contributed by atoms with van der Waals surface area (Å²) in [5.74, 6) is -3.04. The molecule has 3 atom stereocenters. The third-order valence-corrected chi connectivity index (χ3v) is 5.66. The highest BCUT2D eigenvalue weighted by Gasteiger charge is 2.43. The van der Waals surface area contributed by atoms with Crippen LogP contribution in [0.3, 0.4) is 0 Å². The second kappa shape index (κ2) is 8.12. The lowest BCUT2D eigenvalue weighted by Crippen LogP contribution is -2.28. The van der Waals surface area contributed by atoms with Crippen LogP contribution in [0.15, 0.2) is 17.1 Å². The van der Waals surface area contributed by atoms with Crippen LogP contribution < -0.4 is 10.9 Å². The Morgan fingerprint density at radius 1 is 1.42 bits per heavy atom. The standard InChI is InChI=1S/C14H13ClF6N2O2S/c15-11-6(3-14(19,20)21)1-9(26-11)12(24)22-7-2-8(16)13(25)23(4-7)5-10(17)18/h2,4,6,9-11H,1,3,5H2,(H,22,24). The van der Waals surface area contributed by atoms with E-state index in [1.54, 1.807) is 0 Å². The zero-order valence-electron chi connectivity index (χ0n) is 12.9. The van der Waals surface area contributed by atoms with Crippen molar-refractivity contribution in [1.82, 2.24) is 4.57 Å². The molecule has 1 aliphatic rings. The molecule has 4 nitrogen and oxygen atoms in total. The minimum absolute atomic E-state index is 0.136. The monoisotopic (exact) mass is 422 g/mol. The highest BCUT2D eigenvalue weighted by atomic mass is 35.5. The molecule has 0 spiro atoms. The summed E-state index contributed by atoms with van der Waals surface area (Å²) in [5.41, 5.74) is -1.52. The molecule has 0 bridgehead atoms. The van der Waals surface area contributed by atoms with Crippen LogP contribution in [-0.2, 0) is 11.3 Å². The number of nitrogens with one attached hydrogen (secondary N) is 1. The SMILES string of the molecule is O=C(Nc1cc(F)c(=O)n(CC(F)F)c1)C1CC(CC(F)(F)F)C(Cl)S1. The van der Waals surface area contributed by atoms with Gasteiger partial charge in [-0.05, 0) is 12.3 Å². The van der Waals surface area contributed by atoms with E-state index in [0.29, 0.717) is 10.6 Å². The Balaban J connectivity index is 2.08. The predicted molar refractivity (Wildman–Crippen MR) is 85.1 cm³/mol. The van der Waals surface area contributed by atoms with Gasteiger partial charge >= 0.3 is 6.18 Å². The van der Waals surface area contributed by atoms with Crippen molar-refractivity contribution in [2.75, 3.05) is 5.32 Å². The van der Waals surface area contributed by atoms with Gasteiger partial charge in [0.15, 0.2) is 5.82 Å². The Morgan fingerprint density at radius 2 is 2.08 bits per heavy atom. The van der Waals surface area contributed by atoms with Crippen molar-refractivity contribution in [3.05, 3.63) is 28.4 Å². The lowest BCUT2D eigenvalue weighted by Gasteiger charge is -2.14. The van der Waals surface area contributed by atoms with Crippen molar-refractivity contribution in [3.63, 3.8) is 0 Å². The first-order valence-corrected chi connectivity index (χ1v) is 8.69. The van der Waals surface area contributed by atoms with Crippen molar-refractivity contribution in [2.24, 2.45) is 5.92 Å². The smallest absolute Gasteiger partial charge is 0.324 e. The fourth-order valence-corrected chi connectivity index (χ4v) is 4.37. The maximum atomic E-state index is 13.5. The summed E-state index contributed by atoms with van der Waals surface area (Å²) < 4.78 is 75.3. The molecule has 2 heterocycles. The molecule has 2 rings (SSSR count). The molecule has 26 heavy (non-hydrogen) atoms. The summed E-state index contributed by atoms with van der Waals surface area (Å²) in [5, 5.41) is 1.31. The Labute approximate surface area is 152 Å². The summed E-state index contributed by atoms with van der Waals surface area (Å²) in [6.45, 7) is -1.06. The molecular weight excluding hydrogens is 410 g/mol. The highest BCUT2D eigenvalue weighted by molar-refractivity contribution is 8.02. The number of aromatic nitrogens is 1. The van der Waals surface area contributed by atoms with Crippen molar-refractivity contribution in [1.29, 1.82) is 0 Å². The Morgan fingerprint density at radius 3 is 2.65 bits per heavy atom. The molecule has 1 aliphatic heterocycles. The average molecular weight is 423 g/mol. The molecule has 0 aromatic carbocycles. The second-order valence-corrected chi connectivity index (χ2v) is 7.78. The molecular formula is C14H13ClF6N2O2S. The van der Waals surface area contributed by atoms with Crippen LogP contribution in [0.4, 0.5) is 32.0 Å². The van der Waals surface area contributed by atoms with Crippen molar-refractivity contribution in [2.45, 2.75) is 41.9 Å². The zero-order valence-corrected chi connectivity index (χ0v) is 14.5. The molecule has 0 saturated carbocycles. The number of hydrogen-bond donors (Lipinski definition) is 1. The van der Waals surface area contributed by atoms with Crippen LogP contribution >= 0.6 is 23.4 Å². The molecule has 146 valence electrons. The van der Waals surface area contributed by atoms with Gasteiger partial charge in [-0.25, -0.2) is 13.2 Å². The lowest BCUT2D eigenvalue weighted by atomic mass is 10.0. The van der Waals surface area contributed by atoms with E-state index in [1.807, 2.05) is 0 Å². The number of carbonyl (C=O) groups is 1. The number of anilines is 1. The van der Waals surface area contributed by atoms with Crippen molar-refractivity contribution < 1.29 is 31.1 Å². The van der Waals surface area contributed by atoms with Gasteiger partial charge < -0.3 is 9.88 Å². The van der Waals surface area contributed by atoms with E-state index in [2.05, 4.69) is 5.32 Å². The summed E-state index contributed by atoms with van der Waals surface area (Å²) in [4.78, 5) is 23.6. The van der Waals surface area contributed by atoms with E-state index in [9.17, 15) is 35.9 Å². The molecule has 0 aliphatic carbocycles. The quantitative estimate of drug-likeness (QED) is 0.579. The van der Waals surface area contributed by atoms with E-state index in [4.69, 9.17) is 11.6 Å². The van der Waals surface area contributed by atoms with Gasteiger partial charge in [-0.15, -0.1) is 23.4 Å². The van der Waals surface area contributed by atoms with Crippen LogP contribution in [-0.4, -0.2) is 33.0 Å². The number of alkyl halides is 6. The average Bonchev–Trinajstić information content (AvgIpc) is 2.83. The molecule has 1 fully saturated rings. The van der Waals surface area contributed by atoms with E-state index in [0.717, 1.165) is 18.0 Å². The molecule has 1 saturated heterocycles. The van der Waals surface area contributed by atoms with Gasteiger partial charge in [0.25, 0.3) is 12.0 Å². The first-order valence-electron chi connectivity index (χ1n) is 7.31. The van der Waals surface area contributed by atoms with Gasteiger partial charge in [-0.1, -0.05) is 0 Å². The Bertz CT molecular complexity index is 726. The lowest BCUT2D eigenvalue weighted by molar-refractivity contribution is -0.143. The van der Waals surface area contributed by atoms with Crippen LogP contribution in [0.5, 0.6) is 0 Å². The Hall–Kier alpha value is -1.36. The van der Waals surface area contributed by atoms with E-state index in [-0.39, 0.29) is 12.1 Å². The molecule has 1 N–H and O–H groups in total. The zero-order chi connectivity index (χ0) is 19.6. The van der Waals surface area contributed by atoms with Crippen molar-refractivity contribution >= 4 is 35.0 Å². The number of rotatable bonds is 5. The normalized spacial score (nSPS) is 23.5. The summed E-state index contributed by atoms with van der Waals surface area (Å²) in [7, 11) is 0. The largest absolute Gasteiger partial charge is 0.389 e. The highest BCUT2D eigenvalue weighted by Crippen LogP contribution is 2.45. The van der Waals surface area contributed by atoms with Crippen LogP contribution in [0.2, 0.25) is 0 Å². The third kappa shape index (κ3) is 5.57. The first kappa shape index (κ1) is 20.9. The van der Waals surface area contributed by atoms with Crippen LogP contribution in [0.1, 0.15) is 12.8 Å². The van der Waals surface area contributed by atoms with E-state index < -0.39 is 58.7 Å². The van der Waals surface area contributed by atoms with Crippen LogP contribution in [0, 0.1) is 11.7 Å². The molecule has 1 aromatic rings. The topological polar surface area (TPSA) is 51.1 Å². The molecule has 1 aromatic heterocycles. The molecule has 0 radical (unpaired) electrons. The number of nitrogens with zero attached hydrogens (tertiary/aromatic N) is 1. The summed E-state index contributed by atoms with van der Waals surface area (Å²) in [6, 6.07) is 0.660. The van der Waals surface area contributed by atoms with Gasteiger partial charge in [0.1, 0.15) is 0 Å². The fourth-order valence-electron chi connectivity index (χ4n) is 2.52. The number of pyridine rings is 1. The van der Waals surface area contributed by atoms with Gasteiger partial charge in [-0.2, -0.15) is 13.2 Å². The second-order valence-electron chi connectivity index (χ2n) is 5.71. The minimum Gasteiger partial charge on any atom is -0.324 e. The fraction of sp³-hybridized carbons (Fsp3) is 0.571. The number of carbonyl (C=O) groups excluding carboxylic acids is 1. The van der Waals surface area contributed by atoms with Gasteiger partial charge in [0.2, 0.25) is 5.91 Å². The molecule has 3 unspecified atom stereocenters. The van der Waals surface area contributed by atoms with E-state index in [1.165, 1.54) is 0 Å². The van der Waals surface area contributed by atoms with E-state index >= 15 is 0 Å². The summed E-state index contributed by atoms with van der Waals surface area (Å²) in [6.07, 6.45) is -7.75. The maximum absolute atomic E-state index is 13.5. The predicted octanol–water partition coefficient (Wildman–Crippen LogP) is 3.83. The van der Waals surface area contributed by atoms with Crippen molar-refractivity contribution in [3.8, 4) is 0 Å². The Kier molecular flexibility index (Phi) is 6.54. The minimum atomic E-state index is -4.42. The van der Waals surface area contributed by atoms with Gasteiger partial charge in [0.05, 0.1) is 22.2 Å². The van der Waals surface area contributed by atoms with Gasteiger partial charge in [0, 0.05) is 18.7 Å². The van der Waals surface area contributed by atoms with Crippen LogP contribution in [0.25, 0.3) is 0 Å². The number of thioether (sulfide) groups is 1. The number of halogens is 7. The first-order chi connectivity index (χ1) is 12.0. The molecule has 1 amide bonds. The summed E-state index contributed by atoms with van der Waals surface area (Å²) >= 11 is 6.68. The maximum Gasteiger partial charge on any atom is 0.389 e. The third-order valence-electron chi connectivity index (χ3n) is 3.61. The number of amides is 1. The number of hydrogen-bond acceptors (Lipinski definition) is 3. The molecule has 12 heteroatoms. The van der Waals surface area contributed by atoms with Gasteiger partial charge in [-0.3, -0.25) is 9.59 Å².